The summed E-state index contributed by atoms with van der Waals surface area (Å²) in [6.07, 6.45) is 0. The average molecular weight is 375 g/mol. The average Bonchev–Trinajstić information content (AvgIpc) is 2.72. The number of nitrogens with two attached hydrogens (primary N) is 1. The van der Waals surface area contributed by atoms with Gasteiger partial charge in [-0.05, 0) is 36.4 Å². The van der Waals surface area contributed by atoms with Gasteiger partial charge in [0, 0.05) is 5.56 Å². The lowest BCUT2D eigenvalue weighted by Gasteiger charge is -2.10. The van der Waals surface area contributed by atoms with E-state index in [1.165, 1.54) is 0 Å². The Kier molecular flexibility index (Phi) is 4.36. The van der Waals surface area contributed by atoms with Crippen LogP contribution in [0, 0.1) is 0 Å². The molecule has 2 aromatic heterocycles. The molecule has 0 aliphatic carbocycles. The number of rotatable bonds is 4. The molecule has 0 aliphatic heterocycles. The summed E-state index contributed by atoms with van der Waals surface area (Å²) in [7, 11) is 3.13. The molecule has 4 rings (SSSR count). The molecule has 0 atom stereocenters. The number of nitrogens with zero attached hydrogens (tertiary/aromatic N) is 3. The predicted molar refractivity (Wildman–Crippen MR) is 106 cm³/mol. The van der Waals surface area contributed by atoms with E-state index in [-0.39, 0.29) is 11.5 Å². The van der Waals surface area contributed by atoms with Crippen LogP contribution in [0.15, 0.2) is 53.3 Å². The molecule has 3 N–H and O–H groups in total. The highest BCUT2D eigenvalue weighted by atomic mass is 16.5. The van der Waals surface area contributed by atoms with Crippen molar-refractivity contribution < 1.29 is 9.47 Å². The lowest BCUT2D eigenvalue weighted by molar-refractivity contribution is 0.355. The van der Waals surface area contributed by atoms with Gasteiger partial charge in [0.15, 0.2) is 17.3 Å². The molecule has 0 amide bonds. The van der Waals surface area contributed by atoms with Crippen LogP contribution in [0.5, 0.6) is 11.5 Å². The van der Waals surface area contributed by atoms with E-state index >= 15 is 0 Å². The summed E-state index contributed by atoms with van der Waals surface area (Å²) in [5, 5.41) is 0.508. The zero-order valence-electron chi connectivity index (χ0n) is 15.3. The number of para-hydroxylation sites is 1. The van der Waals surface area contributed by atoms with Gasteiger partial charge in [0.1, 0.15) is 5.69 Å². The highest BCUT2D eigenvalue weighted by molar-refractivity contribution is 5.79. The third kappa shape index (κ3) is 3.11. The summed E-state index contributed by atoms with van der Waals surface area (Å²) in [4.78, 5) is 28.1. The van der Waals surface area contributed by atoms with E-state index in [1.54, 1.807) is 50.6 Å². The summed E-state index contributed by atoms with van der Waals surface area (Å²) in [5.41, 5.74) is 7.99. The molecule has 4 aromatic rings. The first-order valence-electron chi connectivity index (χ1n) is 8.45. The predicted octanol–water partition coefficient (Wildman–Crippen LogP) is 2.65. The van der Waals surface area contributed by atoms with Crippen molar-refractivity contribution in [1.82, 2.24) is 19.9 Å². The largest absolute Gasteiger partial charge is 0.493 e. The third-order valence-electron chi connectivity index (χ3n) is 4.28. The number of aromatic nitrogens is 4. The maximum atomic E-state index is 12.4. The highest BCUT2D eigenvalue weighted by Crippen LogP contribution is 2.32. The van der Waals surface area contributed by atoms with Crippen LogP contribution in [0.25, 0.3) is 33.7 Å². The van der Waals surface area contributed by atoms with E-state index in [0.29, 0.717) is 39.6 Å². The smallest absolute Gasteiger partial charge is 0.259 e. The first-order valence-corrected chi connectivity index (χ1v) is 8.45. The Morgan fingerprint density at radius 1 is 0.893 bits per heavy atom. The van der Waals surface area contributed by atoms with Gasteiger partial charge in [-0.1, -0.05) is 12.1 Å². The van der Waals surface area contributed by atoms with E-state index in [1.807, 2.05) is 12.1 Å². The fraction of sp³-hybridized carbons (Fsp3) is 0.100. The maximum Gasteiger partial charge on any atom is 0.259 e. The minimum atomic E-state index is -0.245. The van der Waals surface area contributed by atoms with Crippen LogP contribution < -0.4 is 20.8 Å². The number of H-pyrrole nitrogens is 1. The van der Waals surface area contributed by atoms with Gasteiger partial charge in [0.25, 0.3) is 5.56 Å². The number of methoxy groups -OCH3 is 2. The minimum absolute atomic E-state index is 0.0677. The molecule has 0 unspecified atom stereocenters. The van der Waals surface area contributed by atoms with Crippen LogP contribution in [0.2, 0.25) is 0 Å². The van der Waals surface area contributed by atoms with Crippen molar-refractivity contribution in [1.29, 1.82) is 0 Å². The molecular weight excluding hydrogens is 358 g/mol. The Bertz CT molecular complexity index is 1240. The Morgan fingerprint density at radius 3 is 2.43 bits per heavy atom. The molecule has 0 aliphatic rings. The lowest BCUT2D eigenvalue weighted by atomic mass is 10.1. The van der Waals surface area contributed by atoms with Crippen LogP contribution in [0.4, 0.5) is 5.95 Å². The summed E-state index contributed by atoms with van der Waals surface area (Å²) in [6.45, 7) is 0. The van der Waals surface area contributed by atoms with E-state index in [4.69, 9.17) is 15.2 Å². The SMILES string of the molecule is COc1ccc(-c2cc(-c3nc4ccccc4c(=O)[nH]3)nc(N)n2)cc1OC. The summed E-state index contributed by atoms with van der Waals surface area (Å²) >= 11 is 0. The van der Waals surface area contributed by atoms with Crippen molar-refractivity contribution in [3.63, 3.8) is 0 Å². The molecule has 2 aromatic carbocycles. The fourth-order valence-electron chi connectivity index (χ4n) is 2.94. The molecule has 28 heavy (non-hydrogen) atoms. The second-order valence-corrected chi connectivity index (χ2v) is 6.00. The van der Waals surface area contributed by atoms with E-state index in [9.17, 15) is 4.79 Å². The maximum absolute atomic E-state index is 12.4. The minimum Gasteiger partial charge on any atom is -0.493 e. The molecule has 2 heterocycles. The molecule has 8 nitrogen and oxygen atoms in total. The number of nitrogens with one attached hydrogen (secondary N) is 1. The Hall–Kier alpha value is -3.94. The molecule has 0 bridgehead atoms. The van der Waals surface area contributed by atoms with Gasteiger partial charge < -0.3 is 20.2 Å². The van der Waals surface area contributed by atoms with E-state index in [0.717, 1.165) is 5.56 Å². The van der Waals surface area contributed by atoms with Crippen LogP contribution in [-0.2, 0) is 0 Å². The van der Waals surface area contributed by atoms with Crippen LogP contribution in [-0.4, -0.2) is 34.2 Å². The standard InChI is InChI=1S/C20H17N5O3/c1-27-16-8-7-11(9-17(16)28-2)14-10-15(24-20(21)23-14)18-22-13-6-4-3-5-12(13)19(26)25-18/h3-10H,1-2H3,(H2,21,23,24)(H,22,25,26). The van der Waals surface area contributed by atoms with Gasteiger partial charge in [0.2, 0.25) is 5.95 Å². The van der Waals surface area contributed by atoms with Crippen molar-refractivity contribution in [3.05, 3.63) is 58.9 Å². The van der Waals surface area contributed by atoms with Crippen LogP contribution in [0.3, 0.4) is 0 Å². The zero-order valence-corrected chi connectivity index (χ0v) is 15.3. The number of nitrogen functional groups attached to an aromatic ring is 1. The molecule has 0 saturated carbocycles. The second kappa shape index (κ2) is 6.99. The molecule has 0 fully saturated rings. The first kappa shape index (κ1) is 17.5. The molecular formula is C20H17N5O3. The van der Waals surface area contributed by atoms with Crippen molar-refractivity contribution in [2.45, 2.75) is 0 Å². The summed E-state index contributed by atoms with van der Waals surface area (Å²) in [6, 6.07) is 14.2. The van der Waals surface area contributed by atoms with Crippen molar-refractivity contribution in [2.24, 2.45) is 0 Å². The molecule has 0 saturated heterocycles. The summed E-state index contributed by atoms with van der Waals surface area (Å²) < 4.78 is 10.6. The molecule has 140 valence electrons. The second-order valence-electron chi connectivity index (χ2n) is 6.00. The molecule has 0 spiro atoms. The third-order valence-corrected chi connectivity index (χ3v) is 4.28. The molecule has 8 heteroatoms. The van der Waals surface area contributed by atoms with Crippen LogP contribution >= 0.6 is 0 Å². The Labute approximate surface area is 160 Å². The monoisotopic (exact) mass is 375 g/mol. The summed E-state index contributed by atoms with van der Waals surface area (Å²) in [5.74, 6) is 1.56. The topological polar surface area (TPSA) is 116 Å². The van der Waals surface area contributed by atoms with Crippen LogP contribution in [0.1, 0.15) is 0 Å². The Balaban J connectivity index is 1.85. The van der Waals surface area contributed by atoms with Gasteiger partial charge in [-0.25, -0.2) is 15.0 Å². The van der Waals surface area contributed by atoms with E-state index in [2.05, 4.69) is 19.9 Å². The number of aromatic amines is 1. The fourth-order valence-corrected chi connectivity index (χ4v) is 2.94. The number of benzene rings is 2. The Morgan fingerprint density at radius 2 is 1.64 bits per heavy atom. The van der Waals surface area contributed by atoms with Crippen molar-refractivity contribution in [3.8, 4) is 34.3 Å². The normalized spacial score (nSPS) is 10.8. The zero-order chi connectivity index (χ0) is 19.7. The molecule has 0 radical (unpaired) electrons. The number of fused-ring (bicyclic) bond motifs is 1. The van der Waals surface area contributed by atoms with Crippen molar-refractivity contribution >= 4 is 16.9 Å². The quantitative estimate of drug-likeness (QED) is 0.563. The van der Waals surface area contributed by atoms with Gasteiger partial charge in [-0.3, -0.25) is 4.79 Å². The number of hydrogen-bond acceptors (Lipinski definition) is 7. The number of anilines is 1. The van der Waals surface area contributed by atoms with Crippen molar-refractivity contribution in [2.75, 3.05) is 20.0 Å². The van der Waals surface area contributed by atoms with Gasteiger partial charge in [0.05, 0.1) is 30.8 Å². The van der Waals surface area contributed by atoms with Gasteiger partial charge >= 0.3 is 0 Å². The van der Waals surface area contributed by atoms with Gasteiger partial charge in [-0.2, -0.15) is 0 Å². The highest BCUT2D eigenvalue weighted by Gasteiger charge is 2.13. The number of ether oxygens (including phenoxy) is 2. The first-order chi connectivity index (χ1) is 13.6. The lowest BCUT2D eigenvalue weighted by Crippen LogP contribution is -2.10. The van der Waals surface area contributed by atoms with E-state index < -0.39 is 0 Å². The number of hydrogen-bond donors (Lipinski definition) is 2. The van der Waals surface area contributed by atoms with Gasteiger partial charge in [-0.15, -0.1) is 0 Å².